The molecule has 19 heavy (non-hydrogen) atoms. The first-order valence-corrected chi connectivity index (χ1v) is 7.43. The summed E-state index contributed by atoms with van der Waals surface area (Å²) >= 11 is 3.60. The minimum absolute atomic E-state index is 0.103. The van der Waals surface area contributed by atoms with E-state index in [1.165, 1.54) is 26.7 Å². The predicted molar refractivity (Wildman–Crippen MR) is 85.3 cm³/mol. The first kappa shape index (κ1) is 14.3. The Kier molecular flexibility index (Phi) is 4.78. The van der Waals surface area contributed by atoms with Gasteiger partial charge in [0, 0.05) is 10.5 Å². The summed E-state index contributed by atoms with van der Waals surface area (Å²) in [6, 6.07) is 15.0. The Morgan fingerprint density at radius 3 is 2.21 bits per heavy atom. The summed E-state index contributed by atoms with van der Waals surface area (Å²) in [5.41, 5.74) is 11.4. The van der Waals surface area contributed by atoms with Crippen LogP contribution in [0.15, 0.2) is 46.9 Å². The molecule has 0 saturated carbocycles. The first-order valence-electron chi connectivity index (χ1n) is 6.64. The summed E-state index contributed by atoms with van der Waals surface area (Å²) in [5.74, 6) is 0. The average molecular weight is 318 g/mol. The Hall–Kier alpha value is -1.12. The molecule has 0 bridgehead atoms. The van der Waals surface area contributed by atoms with Gasteiger partial charge in [-0.05, 0) is 48.9 Å². The molecule has 0 aliphatic carbocycles. The summed E-state index contributed by atoms with van der Waals surface area (Å²) in [5, 5.41) is 0. The number of benzene rings is 2. The van der Waals surface area contributed by atoms with Crippen LogP contribution in [0.4, 0.5) is 0 Å². The van der Waals surface area contributed by atoms with Gasteiger partial charge in [0.15, 0.2) is 0 Å². The average Bonchev–Trinajstić information content (AvgIpc) is 2.42. The summed E-state index contributed by atoms with van der Waals surface area (Å²) in [4.78, 5) is 0. The highest BCUT2D eigenvalue weighted by molar-refractivity contribution is 9.10. The van der Waals surface area contributed by atoms with Crippen molar-refractivity contribution in [2.75, 3.05) is 0 Å². The zero-order valence-electron chi connectivity index (χ0n) is 11.5. The Labute approximate surface area is 124 Å². The molecular formula is C17H20BrN. The van der Waals surface area contributed by atoms with E-state index < -0.39 is 0 Å². The van der Waals surface area contributed by atoms with Crippen LogP contribution in [0.5, 0.6) is 0 Å². The lowest BCUT2D eigenvalue weighted by molar-refractivity contribution is 0.650. The van der Waals surface area contributed by atoms with Crippen molar-refractivity contribution < 1.29 is 0 Å². The summed E-state index contributed by atoms with van der Waals surface area (Å²) < 4.78 is 1.19. The van der Waals surface area contributed by atoms with Crippen LogP contribution >= 0.6 is 15.9 Å². The van der Waals surface area contributed by atoms with Gasteiger partial charge in [-0.2, -0.15) is 0 Å². The molecule has 0 fully saturated rings. The van der Waals surface area contributed by atoms with Crippen molar-refractivity contribution in [3.05, 3.63) is 69.2 Å². The van der Waals surface area contributed by atoms with Gasteiger partial charge in [-0.1, -0.05) is 58.4 Å². The number of nitrogens with two attached hydrogens (primary N) is 1. The summed E-state index contributed by atoms with van der Waals surface area (Å²) in [7, 11) is 0. The van der Waals surface area contributed by atoms with Crippen LogP contribution in [-0.4, -0.2) is 0 Å². The quantitative estimate of drug-likeness (QED) is 0.869. The Balaban J connectivity index is 2.06. The molecule has 2 rings (SSSR count). The van der Waals surface area contributed by atoms with Gasteiger partial charge < -0.3 is 5.73 Å². The van der Waals surface area contributed by atoms with E-state index in [0.29, 0.717) is 0 Å². The molecule has 0 radical (unpaired) electrons. The van der Waals surface area contributed by atoms with Gasteiger partial charge >= 0.3 is 0 Å². The monoisotopic (exact) mass is 317 g/mol. The highest BCUT2D eigenvalue weighted by Gasteiger charge is 2.09. The third-order valence-corrected chi connectivity index (χ3v) is 4.72. The molecule has 0 saturated heterocycles. The normalized spacial score (nSPS) is 12.4. The largest absolute Gasteiger partial charge is 0.324 e. The van der Waals surface area contributed by atoms with Crippen molar-refractivity contribution in [3.8, 4) is 0 Å². The van der Waals surface area contributed by atoms with Crippen molar-refractivity contribution in [2.45, 2.75) is 32.7 Å². The van der Waals surface area contributed by atoms with Gasteiger partial charge in [-0.25, -0.2) is 0 Å². The van der Waals surface area contributed by atoms with E-state index in [1.54, 1.807) is 0 Å². The Morgan fingerprint density at radius 2 is 1.63 bits per heavy atom. The molecule has 0 aromatic heterocycles. The predicted octanol–water partition coefficient (Wildman–Crippen LogP) is 4.70. The van der Waals surface area contributed by atoms with Crippen molar-refractivity contribution in [2.24, 2.45) is 5.73 Å². The number of aryl methyl sites for hydroxylation is 3. The van der Waals surface area contributed by atoms with Crippen LogP contribution in [0, 0.1) is 13.8 Å². The van der Waals surface area contributed by atoms with Crippen LogP contribution < -0.4 is 5.73 Å². The van der Waals surface area contributed by atoms with Gasteiger partial charge in [0.1, 0.15) is 0 Å². The van der Waals surface area contributed by atoms with Crippen LogP contribution in [0.2, 0.25) is 0 Å². The zero-order valence-corrected chi connectivity index (χ0v) is 13.1. The molecule has 1 atom stereocenters. The van der Waals surface area contributed by atoms with Crippen molar-refractivity contribution in [3.63, 3.8) is 0 Å². The van der Waals surface area contributed by atoms with E-state index in [0.717, 1.165) is 12.8 Å². The molecule has 0 spiro atoms. The highest BCUT2D eigenvalue weighted by atomic mass is 79.9. The lowest BCUT2D eigenvalue weighted by atomic mass is 9.97. The molecule has 1 unspecified atom stereocenters. The van der Waals surface area contributed by atoms with E-state index >= 15 is 0 Å². The number of rotatable bonds is 4. The summed E-state index contributed by atoms with van der Waals surface area (Å²) in [6.45, 7) is 4.23. The highest BCUT2D eigenvalue weighted by Crippen LogP contribution is 2.26. The fourth-order valence-corrected chi connectivity index (χ4v) is 2.56. The van der Waals surface area contributed by atoms with Crippen molar-refractivity contribution in [1.82, 2.24) is 0 Å². The molecule has 0 heterocycles. The van der Waals surface area contributed by atoms with Gasteiger partial charge in [0.25, 0.3) is 0 Å². The molecule has 2 heteroatoms. The van der Waals surface area contributed by atoms with Crippen LogP contribution in [0.25, 0.3) is 0 Å². The Morgan fingerprint density at radius 1 is 1.05 bits per heavy atom. The van der Waals surface area contributed by atoms with E-state index in [2.05, 4.69) is 66.2 Å². The second-order valence-electron chi connectivity index (χ2n) is 5.10. The third kappa shape index (κ3) is 3.68. The molecule has 2 aromatic rings. The Bertz CT molecular complexity index is 525. The number of hydrogen-bond acceptors (Lipinski definition) is 1. The molecule has 0 amide bonds. The van der Waals surface area contributed by atoms with E-state index in [4.69, 9.17) is 5.73 Å². The maximum Gasteiger partial charge on any atom is 0.0298 e. The standard InChI is InChI=1S/C17H20BrN/c1-12-10-15(11-13(2)17(12)18)16(19)9-8-14-6-4-3-5-7-14/h3-7,10-11,16H,8-9,19H2,1-2H3. The van der Waals surface area contributed by atoms with Crippen LogP contribution in [0.1, 0.15) is 34.7 Å². The SMILES string of the molecule is Cc1cc(C(N)CCc2ccccc2)cc(C)c1Br. The molecule has 2 aromatic carbocycles. The molecule has 100 valence electrons. The fraction of sp³-hybridized carbons (Fsp3) is 0.294. The van der Waals surface area contributed by atoms with Crippen molar-refractivity contribution >= 4 is 15.9 Å². The lowest BCUT2D eigenvalue weighted by Crippen LogP contribution is -2.12. The van der Waals surface area contributed by atoms with E-state index in [9.17, 15) is 0 Å². The zero-order chi connectivity index (χ0) is 13.8. The van der Waals surface area contributed by atoms with Crippen LogP contribution in [0.3, 0.4) is 0 Å². The van der Waals surface area contributed by atoms with Gasteiger partial charge in [0.05, 0.1) is 0 Å². The maximum atomic E-state index is 6.32. The molecular weight excluding hydrogens is 298 g/mol. The summed E-state index contributed by atoms with van der Waals surface area (Å²) in [6.07, 6.45) is 2.00. The second-order valence-corrected chi connectivity index (χ2v) is 5.89. The third-order valence-electron chi connectivity index (χ3n) is 3.47. The minimum Gasteiger partial charge on any atom is -0.324 e. The van der Waals surface area contributed by atoms with Crippen LogP contribution in [-0.2, 0) is 6.42 Å². The smallest absolute Gasteiger partial charge is 0.0298 e. The molecule has 2 N–H and O–H groups in total. The van der Waals surface area contributed by atoms with Gasteiger partial charge in [-0.3, -0.25) is 0 Å². The fourth-order valence-electron chi connectivity index (χ4n) is 2.33. The lowest BCUT2D eigenvalue weighted by Gasteiger charge is -2.15. The molecule has 1 nitrogen and oxygen atoms in total. The number of hydrogen-bond donors (Lipinski definition) is 1. The second kappa shape index (κ2) is 6.36. The number of halogens is 1. The molecule has 0 aliphatic heterocycles. The van der Waals surface area contributed by atoms with Gasteiger partial charge in [-0.15, -0.1) is 0 Å². The maximum absolute atomic E-state index is 6.32. The molecule has 0 aliphatic rings. The van der Waals surface area contributed by atoms with Gasteiger partial charge in [0.2, 0.25) is 0 Å². The van der Waals surface area contributed by atoms with E-state index in [-0.39, 0.29) is 6.04 Å². The minimum atomic E-state index is 0.103. The van der Waals surface area contributed by atoms with E-state index in [1.807, 2.05) is 6.07 Å². The topological polar surface area (TPSA) is 26.0 Å². The first-order chi connectivity index (χ1) is 9.08. The van der Waals surface area contributed by atoms with Crippen molar-refractivity contribution in [1.29, 1.82) is 0 Å².